The highest BCUT2D eigenvalue weighted by atomic mass is 79.9. The lowest BCUT2D eigenvalue weighted by Gasteiger charge is -2.25. The molecule has 0 saturated carbocycles. The fraction of sp³-hybridized carbons (Fsp3) is 0.300. The average Bonchev–Trinajstić information content (AvgIpc) is 2.41. The number of fused-ring (bicyclic) bond motifs is 1. The summed E-state index contributed by atoms with van der Waals surface area (Å²) in [5.41, 5.74) is 0.914. The zero-order valence-electron chi connectivity index (χ0n) is 7.94. The summed E-state index contributed by atoms with van der Waals surface area (Å²) in [6.07, 6.45) is 1.86. The zero-order chi connectivity index (χ0) is 10.4. The maximum atomic E-state index is 9.40. The van der Waals surface area contributed by atoms with Crippen molar-refractivity contribution in [2.45, 2.75) is 5.92 Å². The van der Waals surface area contributed by atoms with E-state index >= 15 is 0 Å². The molecule has 4 nitrogen and oxygen atoms in total. The van der Waals surface area contributed by atoms with Gasteiger partial charge in [0.2, 0.25) is 0 Å². The van der Waals surface area contributed by atoms with Crippen molar-refractivity contribution in [3.05, 3.63) is 28.8 Å². The van der Waals surface area contributed by atoms with Crippen molar-refractivity contribution in [2.75, 3.05) is 13.1 Å². The van der Waals surface area contributed by atoms with Crippen molar-refractivity contribution < 1.29 is 5.11 Å². The number of aromatic nitrogens is 2. The Morgan fingerprint density at radius 1 is 1.53 bits per heavy atom. The van der Waals surface area contributed by atoms with E-state index in [1.54, 1.807) is 12.1 Å². The van der Waals surface area contributed by atoms with Crippen LogP contribution in [-0.4, -0.2) is 27.6 Å². The molecule has 3 rings (SSSR count). The Kier molecular flexibility index (Phi) is 1.97. The SMILES string of the molecule is Oc1ccn2c(C3CNC3)nc(Br)c2c1. The first-order chi connectivity index (χ1) is 7.25. The van der Waals surface area contributed by atoms with Crippen molar-refractivity contribution in [1.82, 2.24) is 14.7 Å². The minimum absolute atomic E-state index is 0.265. The Morgan fingerprint density at radius 2 is 2.33 bits per heavy atom. The second-order valence-corrected chi connectivity index (χ2v) is 4.51. The molecule has 1 aliphatic rings. The van der Waals surface area contributed by atoms with Gasteiger partial charge in [-0.05, 0) is 22.0 Å². The molecule has 0 aromatic carbocycles. The molecule has 2 aromatic rings. The van der Waals surface area contributed by atoms with Crippen molar-refractivity contribution >= 4 is 21.4 Å². The maximum absolute atomic E-state index is 9.40. The van der Waals surface area contributed by atoms with E-state index in [2.05, 4.69) is 26.2 Å². The van der Waals surface area contributed by atoms with Crippen LogP contribution in [0.25, 0.3) is 5.52 Å². The third-order valence-electron chi connectivity index (χ3n) is 2.76. The van der Waals surface area contributed by atoms with Crippen LogP contribution in [0.5, 0.6) is 5.75 Å². The van der Waals surface area contributed by atoms with Crippen molar-refractivity contribution in [3.63, 3.8) is 0 Å². The van der Waals surface area contributed by atoms with Crippen LogP contribution < -0.4 is 5.32 Å². The van der Waals surface area contributed by atoms with Gasteiger partial charge in [-0.2, -0.15) is 0 Å². The summed E-state index contributed by atoms with van der Waals surface area (Å²) in [6.45, 7) is 1.96. The number of rotatable bonds is 1. The number of hydrogen-bond donors (Lipinski definition) is 2. The van der Waals surface area contributed by atoms with Gasteiger partial charge >= 0.3 is 0 Å². The lowest BCUT2D eigenvalue weighted by Crippen LogP contribution is -2.40. The number of halogens is 1. The molecule has 1 aliphatic heterocycles. The molecule has 2 N–H and O–H groups in total. The summed E-state index contributed by atoms with van der Waals surface area (Å²) < 4.78 is 2.82. The highest BCUT2D eigenvalue weighted by Gasteiger charge is 2.24. The van der Waals surface area contributed by atoms with Crippen LogP contribution in [0.1, 0.15) is 11.7 Å². The van der Waals surface area contributed by atoms with E-state index in [0.717, 1.165) is 29.0 Å². The molecule has 3 heterocycles. The van der Waals surface area contributed by atoms with Crippen molar-refractivity contribution in [3.8, 4) is 5.75 Å². The highest BCUT2D eigenvalue weighted by molar-refractivity contribution is 9.10. The Balaban J connectivity index is 2.22. The predicted octanol–water partition coefficient (Wildman–Crippen LogP) is 1.49. The van der Waals surface area contributed by atoms with Gasteiger partial charge in [0.1, 0.15) is 16.2 Å². The van der Waals surface area contributed by atoms with Crippen LogP contribution in [0.2, 0.25) is 0 Å². The molecule has 0 radical (unpaired) electrons. The monoisotopic (exact) mass is 267 g/mol. The second kappa shape index (κ2) is 3.21. The lowest BCUT2D eigenvalue weighted by molar-refractivity contribution is 0.428. The lowest BCUT2D eigenvalue weighted by atomic mass is 10.0. The van der Waals surface area contributed by atoms with Gasteiger partial charge < -0.3 is 14.8 Å². The number of pyridine rings is 1. The molecule has 0 spiro atoms. The average molecular weight is 268 g/mol. The summed E-state index contributed by atoms with van der Waals surface area (Å²) >= 11 is 3.41. The molecule has 0 unspecified atom stereocenters. The highest BCUT2D eigenvalue weighted by Crippen LogP contribution is 2.27. The minimum atomic E-state index is 0.265. The molecule has 1 saturated heterocycles. The van der Waals surface area contributed by atoms with Crippen LogP contribution in [0.4, 0.5) is 0 Å². The largest absolute Gasteiger partial charge is 0.508 e. The van der Waals surface area contributed by atoms with Crippen LogP contribution in [0, 0.1) is 0 Å². The van der Waals surface area contributed by atoms with E-state index in [4.69, 9.17) is 0 Å². The molecule has 1 fully saturated rings. The fourth-order valence-electron chi connectivity index (χ4n) is 1.82. The summed E-state index contributed by atoms with van der Waals surface area (Å²) in [6, 6.07) is 3.39. The smallest absolute Gasteiger partial charge is 0.132 e. The van der Waals surface area contributed by atoms with E-state index in [1.165, 1.54) is 0 Å². The second-order valence-electron chi connectivity index (χ2n) is 3.76. The van der Waals surface area contributed by atoms with Crippen LogP contribution in [0.3, 0.4) is 0 Å². The van der Waals surface area contributed by atoms with E-state index in [0.29, 0.717) is 5.92 Å². The number of aromatic hydroxyl groups is 1. The van der Waals surface area contributed by atoms with Gasteiger partial charge in [0.05, 0.1) is 5.52 Å². The number of nitrogens with one attached hydrogen (secondary N) is 1. The molecule has 0 bridgehead atoms. The quantitative estimate of drug-likeness (QED) is 0.823. The molecule has 0 atom stereocenters. The minimum Gasteiger partial charge on any atom is -0.508 e. The molecule has 0 amide bonds. The summed E-state index contributed by atoms with van der Waals surface area (Å²) in [7, 11) is 0. The Hall–Kier alpha value is -1.07. The Morgan fingerprint density at radius 3 is 3.00 bits per heavy atom. The summed E-state index contributed by atoms with van der Waals surface area (Å²) in [5.74, 6) is 1.80. The van der Waals surface area contributed by atoms with Gasteiger partial charge in [-0.3, -0.25) is 0 Å². The van der Waals surface area contributed by atoms with Crippen LogP contribution in [0.15, 0.2) is 22.9 Å². The molecule has 5 heteroatoms. The topological polar surface area (TPSA) is 49.6 Å². The van der Waals surface area contributed by atoms with E-state index in [-0.39, 0.29) is 5.75 Å². The van der Waals surface area contributed by atoms with Crippen molar-refractivity contribution in [1.29, 1.82) is 0 Å². The summed E-state index contributed by atoms with van der Waals surface area (Å²) in [4.78, 5) is 4.48. The fourth-order valence-corrected chi connectivity index (χ4v) is 2.31. The molecule has 0 aliphatic carbocycles. The standard InChI is InChI=1S/C10H10BrN3O/c11-9-8-3-7(15)1-2-14(8)10(13-9)6-4-12-5-6/h1-3,6,12,15H,4-5H2. The first kappa shape index (κ1) is 9.18. The van der Waals surface area contributed by atoms with E-state index in [9.17, 15) is 5.11 Å². The van der Waals surface area contributed by atoms with Gasteiger partial charge in [0.25, 0.3) is 0 Å². The van der Waals surface area contributed by atoms with Gasteiger partial charge in [-0.25, -0.2) is 4.98 Å². The van der Waals surface area contributed by atoms with E-state index < -0.39 is 0 Å². The molecular formula is C10H10BrN3O. The van der Waals surface area contributed by atoms with Crippen molar-refractivity contribution in [2.24, 2.45) is 0 Å². The maximum Gasteiger partial charge on any atom is 0.132 e. The number of imidazole rings is 1. The third-order valence-corrected chi connectivity index (χ3v) is 3.34. The van der Waals surface area contributed by atoms with E-state index in [1.807, 2.05) is 10.6 Å². The molecular weight excluding hydrogens is 258 g/mol. The molecule has 78 valence electrons. The van der Waals surface area contributed by atoms with Gasteiger partial charge in [-0.1, -0.05) is 0 Å². The summed E-state index contributed by atoms with van der Waals surface area (Å²) in [5, 5.41) is 12.6. The third kappa shape index (κ3) is 1.34. The van der Waals surface area contributed by atoms with Gasteiger partial charge in [0.15, 0.2) is 0 Å². The first-order valence-electron chi connectivity index (χ1n) is 4.83. The predicted molar refractivity (Wildman–Crippen MR) is 60.2 cm³/mol. The Bertz CT molecular complexity index is 519. The number of nitrogens with zero attached hydrogens (tertiary/aromatic N) is 2. The molecule has 15 heavy (non-hydrogen) atoms. The van der Waals surface area contributed by atoms with Gasteiger partial charge in [0, 0.05) is 31.3 Å². The normalized spacial score (nSPS) is 16.9. The Labute approximate surface area is 95.1 Å². The van der Waals surface area contributed by atoms with Crippen LogP contribution >= 0.6 is 15.9 Å². The van der Waals surface area contributed by atoms with Gasteiger partial charge in [-0.15, -0.1) is 0 Å². The zero-order valence-corrected chi connectivity index (χ0v) is 9.53. The first-order valence-corrected chi connectivity index (χ1v) is 5.62. The molecule has 2 aromatic heterocycles. The van der Waals surface area contributed by atoms with Crippen LogP contribution in [-0.2, 0) is 0 Å². The number of hydrogen-bond acceptors (Lipinski definition) is 3.